The van der Waals surface area contributed by atoms with Gasteiger partial charge in [0.1, 0.15) is 23.2 Å². The predicted molar refractivity (Wildman–Crippen MR) is 121 cm³/mol. The smallest absolute Gasteiger partial charge is 0.338 e. The number of benzene rings is 1. The fourth-order valence-electron chi connectivity index (χ4n) is 4.26. The number of unbranched alkanes of at least 4 members (excludes halogenated alkanes) is 1. The van der Waals surface area contributed by atoms with Crippen molar-refractivity contribution in [1.29, 1.82) is 5.26 Å². The highest BCUT2D eigenvalue weighted by atomic mass is 16.5. The lowest BCUT2D eigenvalue weighted by Crippen LogP contribution is -2.30. The normalized spacial score (nSPS) is 19.3. The summed E-state index contributed by atoms with van der Waals surface area (Å²) in [5, 5.41) is 9.65. The molecule has 0 bridgehead atoms. The minimum atomic E-state index is -0.633. The molecule has 1 fully saturated rings. The maximum Gasteiger partial charge on any atom is 0.338 e. The van der Waals surface area contributed by atoms with E-state index < -0.39 is 11.9 Å². The summed E-state index contributed by atoms with van der Waals surface area (Å²) < 4.78 is 16.5. The quantitative estimate of drug-likeness (QED) is 0.459. The number of carbonyl (C=O) groups excluding carboxylic acids is 1. The lowest BCUT2D eigenvalue weighted by Gasteiger charge is -2.27. The van der Waals surface area contributed by atoms with E-state index in [0.717, 1.165) is 30.7 Å². The van der Waals surface area contributed by atoms with Gasteiger partial charge in [-0.15, -0.1) is 0 Å². The van der Waals surface area contributed by atoms with Crippen molar-refractivity contribution < 1.29 is 19.0 Å². The van der Waals surface area contributed by atoms with Gasteiger partial charge in [0.05, 0.1) is 24.7 Å². The second-order valence-corrected chi connectivity index (χ2v) is 8.14. The van der Waals surface area contributed by atoms with Gasteiger partial charge in [-0.2, -0.15) is 5.26 Å². The molecule has 1 saturated heterocycles. The average molecular weight is 440 g/mol. The van der Waals surface area contributed by atoms with Gasteiger partial charge in [-0.05, 0) is 76.9 Å². The highest BCUT2D eigenvalue weighted by Gasteiger charge is 2.36. The molecule has 32 heavy (non-hydrogen) atoms. The molecule has 172 valence electrons. The van der Waals surface area contributed by atoms with Crippen molar-refractivity contribution in [2.24, 2.45) is 5.73 Å². The van der Waals surface area contributed by atoms with Gasteiger partial charge in [0, 0.05) is 0 Å². The summed E-state index contributed by atoms with van der Waals surface area (Å²) in [6.45, 7) is 7.86. The number of likely N-dealkylation sites (tertiary alicyclic amines) is 1. The van der Waals surface area contributed by atoms with Gasteiger partial charge in [0.25, 0.3) is 0 Å². The maximum absolute atomic E-state index is 12.6. The second kappa shape index (κ2) is 11.6. The average Bonchev–Trinajstić information content (AvgIpc) is 2.79. The summed E-state index contributed by atoms with van der Waals surface area (Å²) in [6.07, 6.45) is 6.12. The Labute approximate surface area is 190 Å². The van der Waals surface area contributed by atoms with Crippen LogP contribution in [0.25, 0.3) is 0 Å². The SMILES string of the molecule is CCOC(=O)C1=C(C)OC(N)=C(C#N)C1c1ccc(OCCCCN2CCCCC2)cc1. The van der Waals surface area contributed by atoms with Gasteiger partial charge in [-0.1, -0.05) is 18.6 Å². The fourth-order valence-corrected chi connectivity index (χ4v) is 4.26. The van der Waals surface area contributed by atoms with Crippen LogP contribution in [0.15, 0.2) is 47.1 Å². The molecule has 0 saturated carbocycles. The summed E-state index contributed by atoms with van der Waals surface area (Å²) >= 11 is 0. The van der Waals surface area contributed by atoms with Crippen molar-refractivity contribution in [1.82, 2.24) is 4.90 Å². The number of nitriles is 1. The monoisotopic (exact) mass is 439 g/mol. The molecule has 7 heteroatoms. The minimum absolute atomic E-state index is 0.0112. The maximum atomic E-state index is 12.6. The molecule has 0 aromatic heterocycles. The predicted octanol–water partition coefficient (Wildman–Crippen LogP) is 3.98. The van der Waals surface area contributed by atoms with Gasteiger partial charge in [0.15, 0.2) is 0 Å². The molecular weight excluding hydrogens is 406 g/mol. The van der Waals surface area contributed by atoms with E-state index in [-0.39, 0.29) is 18.1 Å². The van der Waals surface area contributed by atoms with E-state index in [1.807, 2.05) is 24.3 Å². The summed E-state index contributed by atoms with van der Waals surface area (Å²) in [6, 6.07) is 9.53. The molecule has 2 heterocycles. The Hall–Kier alpha value is -2.98. The molecule has 3 rings (SSSR count). The number of nitrogens with two attached hydrogens (primary N) is 1. The number of hydrogen-bond acceptors (Lipinski definition) is 7. The first-order valence-corrected chi connectivity index (χ1v) is 11.5. The van der Waals surface area contributed by atoms with Crippen LogP contribution in [0, 0.1) is 11.3 Å². The van der Waals surface area contributed by atoms with Crippen LogP contribution in [-0.2, 0) is 14.3 Å². The fraction of sp³-hybridized carbons (Fsp3) is 0.520. The van der Waals surface area contributed by atoms with Crippen molar-refractivity contribution in [3.05, 3.63) is 52.6 Å². The molecule has 2 N–H and O–H groups in total. The number of esters is 1. The summed E-state index contributed by atoms with van der Waals surface area (Å²) in [4.78, 5) is 15.1. The van der Waals surface area contributed by atoms with Crippen LogP contribution in [0.1, 0.15) is 57.4 Å². The van der Waals surface area contributed by atoms with Crippen molar-refractivity contribution in [3.8, 4) is 11.8 Å². The Morgan fingerprint density at radius 3 is 2.59 bits per heavy atom. The first kappa shape index (κ1) is 23.7. The van der Waals surface area contributed by atoms with Gasteiger partial charge >= 0.3 is 5.97 Å². The van der Waals surface area contributed by atoms with E-state index in [1.165, 1.54) is 32.4 Å². The van der Waals surface area contributed by atoms with Crippen LogP contribution < -0.4 is 10.5 Å². The van der Waals surface area contributed by atoms with Crippen LogP contribution >= 0.6 is 0 Å². The van der Waals surface area contributed by atoms with Crippen molar-refractivity contribution >= 4 is 5.97 Å². The van der Waals surface area contributed by atoms with E-state index in [2.05, 4.69) is 11.0 Å². The third-order valence-corrected chi connectivity index (χ3v) is 5.90. The zero-order valence-electron chi connectivity index (χ0n) is 19.1. The van der Waals surface area contributed by atoms with Crippen LogP contribution in [0.3, 0.4) is 0 Å². The van der Waals surface area contributed by atoms with Crippen molar-refractivity contribution in [2.45, 2.75) is 51.9 Å². The lowest BCUT2D eigenvalue weighted by molar-refractivity contribution is -0.139. The molecule has 1 unspecified atom stereocenters. The number of piperidine rings is 1. The number of hydrogen-bond donors (Lipinski definition) is 1. The number of nitrogens with zero attached hydrogens (tertiary/aromatic N) is 2. The molecule has 0 aliphatic carbocycles. The second-order valence-electron chi connectivity index (χ2n) is 8.14. The molecule has 1 aromatic carbocycles. The molecular formula is C25H33N3O4. The molecule has 1 aromatic rings. The zero-order valence-corrected chi connectivity index (χ0v) is 19.1. The van der Waals surface area contributed by atoms with E-state index in [1.54, 1.807) is 13.8 Å². The first-order chi connectivity index (χ1) is 15.5. The van der Waals surface area contributed by atoms with Crippen LogP contribution in [-0.4, -0.2) is 43.7 Å². The van der Waals surface area contributed by atoms with Crippen LogP contribution in [0.2, 0.25) is 0 Å². The minimum Gasteiger partial charge on any atom is -0.494 e. The Morgan fingerprint density at radius 2 is 1.94 bits per heavy atom. The number of rotatable bonds is 9. The lowest BCUT2D eigenvalue weighted by atomic mass is 9.83. The molecule has 0 radical (unpaired) electrons. The highest BCUT2D eigenvalue weighted by molar-refractivity contribution is 5.92. The third kappa shape index (κ3) is 5.83. The number of ether oxygens (including phenoxy) is 3. The molecule has 2 aliphatic rings. The van der Waals surface area contributed by atoms with Crippen molar-refractivity contribution in [3.63, 3.8) is 0 Å². The van der Waals surface area contributed by atoms with Crippen LogP contribution in [0.4, 0.5) is 0 Å². The Kier molecular flexibility index (Phi) is 8.57. The van der Waals surface area contributed by atoms with E-state index >= 15 is 0 Å². The molecule has 0 amide bonds. The topological polar surface area (TPSA) is 97.8 Å². The molecule has 2 aliphatic heterocycles. The molecule has 1 atom stereocenters. The first-order valence-electron chi connectivity index (χ1n) is 11.5. The highest BCUT2D eigenvalue weighted by Crippen LogP contribution is 2.39. The van der Waals surface area contributed by atoms with Crippen LogP contribution in [0.5, 0.6) is 5.75 Å². The molecule has 7 nitrogen and oxygen atoms in total. The standard InChI is InChI=1S/C25H33N3O4/c1-3-30-25(29)22-18(2)32-24(27)21(17-26)23(22)19-9-11-20(12-10-19)31-16-8-7-15-28-13-5-4-6-14-28/h9-12,23H,3-8,13-16,27H2,1-2H3. The van der Waals surface area contributed by atoms with E-state index in [4.69, 9.17) is 19.9 Å². The zero-order chi connectivity index (χ0) is 22.9. The third-order valence-electron chi connectivity index (χ3n) is 5.90. The van der Waals surface area contributed by atoms with Gasteiger partial charge in [0.2, 0.25) is 5.88 Å². The largest absolute Gasteiger partial charge is 0.494 e. The van der Waals surface area contributed by atoms with E-state index in [0.29, 0.717) is 17.9 Å². The Balaban J connectivity index is 1.62. The number of allylic oxidation sites excluding steroid dienone is 2. The summed E-state index contributed by atoms with van der Waals surface area (Å²) in [5.74, 6) is -0.0284. The van der Waals surface area contributed by atoms with E-state index in [9.17, 15) is 10.1 Å². The van der Waals surface area contributed by atoms with Gasteiger partial charge in [-0.25, -0.2) is 4.79 Å². The van der Waals surface area contributed by atoms with Crippen molar-refractivity contribution in [2.75, 3.05) is 32.8 Å². The Morgan fingerprint density at radius 1 is 1.22 bits per heavy atom. The summed E-state index contributed by atoms with van der Waals surface area (Å²) in [5.41, 5.74) is 7.19. The number of carbonyl (C=O) groups is 1. The summed E-state index contributed by atoms with van der Waals surface area (Å²) in [7, 11) is 0. The molecule has 0 spiro atoms. The van der Waals surface area contributed by atoms with Gasteiger partial charge < -0.3 is 24.8 Å². The van der Waals surface area contributed by atoms with Gasteiger partial charge in [-0.3, -0.25) is 0 Å². The Bertz CT molecular complexity index is 893.